The SMILES string of the molecule is Cc1cc(O)c2c(c1)C(=O)c1cccc(O)c1C2=O.O=C([O-])P(=O)([O-])[O-].[Na+].[Na+].[Na+]. The van der Waals surface area contributed by atoms with Crippen LogP contribution in [0.3, 0.4) is 0 Å². The number of aromatic hydroxyl groups is 2. The van der Waals surface area contributed by atoms with Crippen molar-refractivity contribution < 1.29 is 133 Å². The Morgan fingerprint density at radius 1 is 0.897 bits per heavy atom. The molecule has 0 bridgehead atoms. The maximum absolute atomic E-state index is 12.3. The fraction of sp³-hybridized carbons (Fsp3) is 0.0625. The van der Waals surface area contributed by atoms with E-state index in [1.54, 1.807) is 13.0 Å². The van der Waals surface area contributed by atoms with Crippen LogP contribution < -0.4 is 104 Å². The molecule has 9 nitrogen and oxygen atoms in total. The maximum atomic E-state index is 12.3. The van der Waals surface area contributed by atoms with E-state index in [0.717, 1.165) is 0 Å². The number of phenolic OH excluding ortho intramolecular Hbond substituents is 2. The molecule has 3 rings (SSSR count). The van der Waals surface area contributed by atoms with Gasteiger partial charge in [0.15, 0.2) is 5.78 Å². The molecule has 0 heterocycles. The van der Waals surface area contributed by atoms with Crippen LogP contribution in [0.25, 0.3) is 0 Å². The van der Waals surface area contributed by atoms with Crippen molar-refractivity contribution in [1.29, 1.82) is 0 Å². The van der Waals surface area contributed by atoms with Gasteiger partial charge in [-0.25, -0.2) is 0 Å². The summed E-state index contributed by atoms with van der Waals surface area (Å²) in [7, 11) is -5.43. The number of phenols is 2. The van der Waals surface area contributed by atoms with Crippen LogP contribution in [0.4, 0.5) is 4.79 Å². The van der Waals surface area contributed by atoms with Gasteiger partial charge in [0.2, 0.25) is 5.78 Å². The second-order valence-electron chi connectivity index (χ2n) is 5.33. The van der Waals surface area contributed by atoms with Gasteiger partial charge in [-0.15, -0.1) is 0 Å². The van der Waals surface area contributed by atoms with E-state index in [2.05, 4.69) is 0 Å². The Morgan fingerprint density at radius 3 is 1.86 bits per heavy atom. The van der Waals surface area contributed by atoms with Gasteiger partial charge in [0.1, 0.15) is 11.5 Å². The van der Waals surface area contributed by atoms with Gasteiger partial charge < -0.3 is 34.5 Å². The van der Waals surface area contributed by atoms with Crippen molar-refractivity contribution in [3.8, 4) is 11.5 Å². The molecule has 2 N–H and O–H groups in total. The number of carbonyl (C=O) groups is 3. The van der Waals surface area contributed by atoms with Crippen LogP contribution >= 0.6 is 7.60 Å². The molecular formula is C16H10Na3O9P. The van der Waals surface area contributed by atoms with Crippen molar-refractivity contribution >= 4 is 24.9 Å². The third kappa shape index (κ3) is 7.00. The molecule has 0 amide bonds. The predicted molar refractivity (Wildman–Crippen MR) is 80.8 cm³/mol. The van der Waals surface area contributed by atoms with Gasteiger partial charge in [0, 0.05) is 11.1 Å². The van der Waals surface area contributed by atoms with Crippen molar-refractivity contribution in [3.05, 3.63) is 58.1 Å². The van der Waals surface area contributed by atoms with Crippen LogP contribution in [0.5, 0.6) is 11.5 Å². The molecule has 1 aliphatic carbocycles. The summed E-state index contributed by atoms with van der Waals surface area (Å²) in [6.07, 6.45) is 0. The number of fused-ring (bicyclic) bond motifs is 2. The summed E-state index contributed by atoms with van der Waals surface area (Å²) in [6.45, 7) is 1.73. The van der Waals surface area contributed by atoms with Crippen molar-refractivity contribution in [1.82, 2.24) is 0 Å². The smallest absolute Gasteiger partial charge is 0.807 e. The van der Waals surface area contributed by atoms with Gasteiger partial charge in [-0.2, -0.15) is 0 Å². The topological polar surface area (TPSA) is 178 Å². The Bertz CT molecular complexity index is 1000. The van der Waals surface area contributed by atoms with Crippen LogP contribution in [-0.2, 0) is 4.57 Å². The van der Waals surface area contributed by atoms with Crippen molar-refractivity contribution in [3.63, 3.8) is 0 Å². The molecule has 0 fully saturated rings. The fourth-order valence-electron chi connectivity index (χ4n) is 2.42. The zero-order chi connectivity index (χ0) is 19.8. The van der Waals surface area contributed by atoms with E-state index in [-0.39, 0.29) is 128 Å². The molecule has 0 saturated heterocycles. The van der Waals surface area contributed by atoms with Crippen LogP contribution in [-0.4, -0.2) is 27.5 Å². The van der Waals surface area contributed by atoms with Crippen molar-refractivity contribution in [2.75, 3.05) is 0 Å². The molecule has 2 aromatic rings. The minimum absolute atomic E-state index is 0. The summed E-state index contributed by atoms with van der Waals surface area (Å²) in [5.74, 6) is -1.37. The molecule has 0 radical (unpaired) electrons. The van der Waals surface area contributed by atoms with Crippen LogP contribution in [0.15, 0.2) is 30.3 Å². The number of hydrogen-bond acceptors (Lipinski definition) is 9. The standard InChI is InChI=1S/C15H10O4.CH3O5P.3Na/c1-7-5-9-13(11(17)6-7)15(19)12-8(14(9)18)3-2-4-10(12)16;2-1(3)7(4,5)6;;;/h2-6,16-17H,1H3;(H,2,3)(H2,4,5,6);;;/q;;3*+1/p-3. The number of benzene rings is 2. The van der Waals surface area contributed by atoms with Gasteiger partial charge in [-0.1, -0.05) is 12.1 Å². The molecule has 0 saturated carbocycles. The summed E-state index contributed by atoms with van der Waals surface area (Å²) in [6, 6.07) is 7.36. The number of rotatable bonds is 1. The summed E-state index contributed by atoms with van der Waals surface area (Å²) in [5, 5.41) is 28.7. The zero-order valence-corrected chi connectivity index (χ0v) is 23.0. The van der Waals surface area contributed by atoms with E-state index in [9.17, 15) is 19.8 Å². The second kappa shape index (κ2) is 12.1. The van der Waals surface area contributed by atoms with Gasteiger partial charge in [-0.3, -0.25) is 9.59 Å². The number of hydrogen-bond donors (Lipinski definition) is 2. The zero-order valence-electron chi connectivity index (χ0n) is 16.1. The third-order valence-electron chi connectivity index (χ3n) is 3.47. The second-order valence-corrected chi connectivity index (χ2v) is 6.69. The molecule has 0 aliphatic heterocycles. The minimum atomic E-state index is -5.43. The van der Waals surface area contributed by atoms with E-state index in [4.69, 9.17) is 24.3 Å². The predicted octanol–water partition coefficient (Wildman–Crippen LogP) is -9.56. The Labute approximate surface area is 231 Å². The van der Waals surface area contributed by atoms with E-state index in [1.165, 1.54) is 24.3 Å². The molecule has 29 heavy (non-hydrogen) atoms. The molecule has 2 aromatic carbocycles. The van der Waals surface area contributed by atoms with Crippen molar-refractivity contribution in [2.45, 2.75) is 6.92 Å². The van der Waals surface area contributed by atoms with E-state index in [1.807, 2.05) is 0 Å². The quantitative estimate of drug-likeness (QED) is 0.271. The maximum Gasteiger partial charge on any atom is 1.00 e. The third-order valence-corrected chi connectivity index (χ3v) is 3.92. The molecule has 0 unspecified atom stereocenters. The average molecular weight is 446 g/mol. The summed E-state index contributed by atoms with van der Waals surface area (Å²) in [5.41, 5.74) is -1.60. The first-order valence-corrected chi connectivity index (χ1v) is 8.48. The van der Waals surface area contributed by atoms with Crippen molar-refractivity contribution in [2.24, 2.45) is 0 Å². The monoisotopic (exact) mass is 446 g/mol. The molecule has 13 heteroatoms. The fourth-order valence-corrected chi connectivity index (χ4v) is 2.42. The number of carboxylic acid groups (broad SMARTS) is 1. The Balaban J connectivity index is 0. The first-order chi connectivity index (χ1) is 11.9. The van der Waals surface area contributed by atoms with Crippen LogP contribution in [0, 0.1) is 6.92 Å². The number of carbonyl (C=O) groups excluding carboxylic acids is 3. The summed E-state index contributed by atoms with van der Waals surface area (Å²) >= 11 is 0. The molecule has 0 aromatic heterocycles. The first-order valence-electron chi connectivity index (χ1n) is 6.93. The average Bonchev–Trinajstić information content (AvgIpc) is 2.51. The molecule has 0 spiro atoms. The van der Waals surface area contributed by atoms with E-state index in [0.29, 0.717) is 5.56 Å². The summed E-state index contributed by atoms with van der Waals surface area (Å²) < 4.78 is 9.14. The molecule has 1 aliphatic rings. The van der Waals surface area contributed by atoms with E-state index < -0.39 is 19.1 Å². The minimum Gasteiger partial charge on any atom is -0.807 e. The number of aryl methyl sites for hydroxylation is 1. The van der Waals surface area contributed by atoms with Gasteiger partial charge in [0.05, 0.1) is 16.8 Å². The summed E-state index contributed by atoms with van der Waals surface area (Å²) in [4.78, 5) is 52.0. The Kier molecular flexibility index (Phi) is 13.1. The van der Waals surface area contributed by atoms with Gasteiger partial charge in [0.25, 0.3) is 0 Å². The largest absolute Gasteiger partial charge is 1.00 e. The normalized spacial score (nSPS) is 11.3. The van der Waals surface area contributed by atoms with Crippen LogP contribution in [0.2, 0.25) is 0 Å². The molecule has 136 valence electrons. The Morgan fingerprint density at radius 2 is 1.38 bits per heavy atom. The Hall–Kier alpha value is 0. The van der Waals surface area contributed by atoms with Gasteiger partial charge in [-0.05, 0) is 38.3 Å². The number of ketones is 2. The first kappa shape index (κ1) is 31.2. The van der Waals surface area contributed by atoms with Crippen LogP contribution in [0.1, 0.15) is 37.4 Å². The molecule has 0 atom stereocenters. The van der Waals surface area contributed by atoms with E-state index >= 15 is 0 Å². The van der Waals surface area contributed by atoms with Gasteiger partial charge >= 0.3 is 88.7 Å². The molecular weight excluding hydrogens is 436 g/mol.